The summed E-state index contributed by atoms with van der Waals surface area (Å²) in [5.74, 6) is -0.420. The second-order valence-electron chi connectivity index (χ2n) is 19.6. The molecule has 0 aromatic heterocycles. The van der Waals surface area contributed by atoms with Crippen molar-refractivity contribution in [2.24, 2.45) is 0 Å². The molecule has 0 fully saturated rings. The third kappa shape index (κ3) is 15.0. The number of urea groups is 2. The zero-order valence-electron chi connectivity index (χ0n) is 43.3. The van der Waals surface area contributed by atoms with Crippen LogP contribution in [0.1, 0.15) is 69.2 Å². The Morgan fingerprint density at radius 2 is 0.846 bits per heavy atom. The highest BCUT2D eigenvalue weighted by atomic mass is 35.5. The number of unbranched alkanes of at least 4 members (excludes halogenated alkanes) is 1. The molecule has 8 rings (SSSR count). The van der Waals surface area contributed by atoms with E-state index in [-0.39, 0.29) is 126 Å². The average molecular weight is 1240 g/mol. The molecule has 4 aliphatic rings. The zero-order chi connectivity index (χ0) is 55.7. The number of rotatable bonds is 25. The Hall–Kier alpha value is -3.26. The summed E-state index contributed by atoms with van der Waals surface area (Å²) < 4.78 is 79.8. The Labute approximate surface area is 486 Å². The smallest absolute Gasteiger partial charge is 0.314 e. The largest absolute Gasteiger partial charge is 0.378 e. The maximum atomic E-state index is 13.6. The molecular formula is C52H64Cl6N8O10S2. The van der Waals surface area contributed by atoms with Crippen LogP contribution < -0.4 is 21.3 Å². The van der Waals surface area contributed by atoms with E-state index in [0.29, 0.717) is 104 Å². The van der Waals surface area contributed by atoms with Crippen molar-refractivity contribution >= 4 is 102 Å². The van der Waals surface area contributed by atoms with E-state index in [9.17, 15) is 26.4 Å². The molecule has 2 atom stereocenters. The molecule has 4 heterocycles. The van der Waals surface area contributed by atoms with E-state index >= 15 is 0 Å². The molecule has 4 N–H and O–H groups in total. The SMILES string of the molecule is CN1Cc2c(Cl)cc(Cl)cc2C(c2cc3c(cc2Cl)CN(CCOCCOCCNC(=O)NCCCCNC(=O)NCCOCCOCCN2Cc4cc(Cl)c(C5CN(C)Cc6c(Cl)cc(Cl)cc65)cc4S2(=O)=O)S3(=O)=O)C1. The van der Waals surface area contributed by atoms with Gasteiger partial charge in [0.1, 0.15) is 0 Å². The van der Waals surface area contributed by atoms with Gasteiger partial charge in [0.25, 0.3) is 0 Å². The van der Waals surface area contributed by atoms with Gasteiger partial charge in [-0.15, -0.1) is 0 Å². The monoisotopic (exact) mass is 1230 g/mol. The van der Waals surface area contributed by atoms with Gasteiger partial charge in [-0.25, -0.2) is 26.4 Å². The highest BCUT2D eigenvalue weighted by Crippen LogP contribution is 2.45. The first kappa shape index (κ1) is 60.8. The minimum Gasteiger partial charge on any atom is -0.378 e. The third-order valence-electron chi connectivity index (χ3n) is 14.0. The average Bonchev–Trinajstić information content (AvgIpc) is 3.82. The summed E-state index contributed by atoms with van der Waals surface area (Å²) in [6.07, 6.45) is 1.30. The number of halogens is 6. The van der Waals surface area contributed by atoms with Crippen molar-refractivity contribution in [2.45, 2.75) is 60.6 Å². The van der Waals surface area contributed by atoms with Crippen molar-refractivity contribution in [2.75, 3.05) is 119 Å². The molecule has 0 bridgehead atoms. The lowest BCUT2D eigenvalue weighted by Crippen LogP contribution is -2.39. The van der Waals surface area contributed by atoms with Crippen LogP contribution in [0.5, 0.6) is 0 Å². The first-order valence-corrected chi connectivity index (χ1v) is 30.8. The highest BCUT2D eigenvalue weighted by molar-refractivity contribution is 7.89. The standard InChI is InChI=1S/C52H64Cl6N8O10S2/c1-63-29-41(37-21-35(53)23-47(57)43(37)31-63)39-25-49-33(19-45(39)55)27-65(77(49,69)70)9-13-75-17-15-73-11-7-61-51(67)59-5-3-4-6-60-52(68)62-8-12-74-16-18-76-14-10-66-28-34-20-46(56)40(26-50(34)78(66,71)72)42-30-64(2)32-44-38(42)22-36(54)24-48(44)58/h19-26,41-42H,3-18,27-32H2,1-2H3,(H2,59,61,67)(H2,60,62,68). The number of hydrogen-bond donors (Lipinski definition) is 4. The molecule has 2 unspecified atom stereocenters. The lowest BCUT2D eigenvalue weighted by Gasteiger charge is -2.34. The minimum atomic E-state index is -3.77. The van der Waals surface area contributed by atoms with Crippen molar-refractivity contribution in [3.8, 4) is 0 Å². The number of benzene rings is 4. The van der Waals surface area contributed by atoms with Gasteiger partial charge in [-0.1, -0.05) is 69.6 Å². The van der Waals surface area contributed by atoms with E-state index in [4.69, 9.17) is 88.6 Å². The van der Waals surface area contributed by atoms with Crippen molar-refractivity contribution < 1.29 is 45.4 Å². The van der Waals surface area contributed by atoms with Gasteiger partial charge in [0.15, 0.2) is 0 Å². The van der Waals surface area contributed by atoms with Crippen LogP contribution in [-0.4, -0.2) is 167 Å². The normalized spacial score (nSPS) is 18.8. The molecule has 0 saturated heterocycles. The third-order valence-corrected chi connectivity index (χ3v) is 19.6. The van der Waals surface area contributed by atoms with E-state index in [1.165, 1.54) is 8.61 Å². The summed E-state index contributed by atoms with van der Waals surface area (Å²) in [5, 5.41) is 14.1. The maximum Gasteiger partial charge on any atom is 0.314 e. The fourth-order valence-corrected chi connectivity index (χ4v) is 15.2. The van der Waals surface area contributed by atoms with Crippen molar-refractivity contribution in [1.82, 2.24) is 39.7 Å². The quantitative estimate of drug-likeness (QED) is 0.0468. The van der Waals surface area contributed by atoms with Crippen LogP contribution in [-0.2, 0) is 65.2 Å². The number of hydrogen-bond acceptors (Lipinski definition) is 12. The molecule has 4 aliphatic heterocycles. The van der Waals surface area contributed by atoms with Gasteiger partial charge in [-0.3, -0.25) is 0 Å². The Morgan fingerprint density at radius 3 is 1.24 bits per heavy atom. The number of nitrogens with one attached hydrogen (secondary N) is 4. The van der Waals surface area contributed by atoms with Crippen LogP contribution in [0.2, 0.25) is 30.1 Å². The Balaban J connectivity index is 0.604. The predicted octanol–water partition coefficient (Wildman–Crippen LogP) is 7.92. The molecule has 4 amide bonds. The molecule has 4 aromatic carbocycles. The number of amides is 4. The highest BCUT2D eigenvalue weighted by Gasteiger charge is 2.39. The van der Waals surface area contributed by atoms with E-state index in [0.717, 1.165) is 22.3 Å². The van der Waals surface area contributed by atoms with Crippen LogP contribution in [0.3, 0.4) is 0 Å². The fourth-order valence-electron chi connectivity index (χ4n) is 10.2. The minimum absolute atomic E-state index is 0.158. The van der Waals surface area contributed by atoms with E-state index in [1.807, 2.05) is 26.2 Å². The van der Waals surface area contributed by atoms with E-state index in [1.54, 1.807) is 36.4 Å². The summed E-state index contributed by atoms with van der Waals surface area (Å²) >= 11 is 39.5. The van der Waals surface area contributed by atoms with Crippen LogP contribution in [0, 0.1) is 0 Å². The molecule has 426 valence electrons. The number of likely N-dealkylation sites (N-methyl/N-ethyl adjacent to an activating group) is 2. The first-order chi connectivity index (χ1) is 37.3. The summed E-state index contributed by atoms with van der Waals surface area (Å²) in [4.78, 5) is 29.1. The van der Waals surface area contributed by atoms with Crippen LogP contribution in [0.15, 0.2) is 58.3 Å². The van der Waals surface area contributed by atoms with Gasteiger partial charge >= 0.3 is 12.1 Å². The summed E-state index contributed by atoms with van der Waals surface area (Å²) in [5.41, 5.74) is 6.47. The zero-order valence-corrected chi connectivity index (χ0v) is 49.5. The molecule has 18 nitrogen and oxygen atoms in total. The molecule has 26 heteroatoms. The van der Waals surface area contributed by atoms with Gasteiger partial charge in [0, 0.05) is 121 Å². The maximum absolute atomic E-state index is 13.6. The molecule has 4 aromatic rings. The lowest BCUT2D eigenvalue weighted by atomic mass is 9.84. The van der Waals surface area contributed by atoms with Crippen molar-refractivity contribution in [3.05, 3.63) is 123 Å². The lowest BCUT2D eigenvalue weighted by molar-refractivity contribution is 0.0459. The number of carbonyl (C=O) groups excluding carboxylic acids is 2. The number of fused-ring (bicyclic) bond motifs is 4. The van der Waals surface area contributed by atoms with Gasteiger partial charge in [-0.05, 0) is 120 Å². The Morgan fingerprint density at radius 1 is 0.474 bits per heavy atom. The second-order valence-corrected chi connectivity index (χ2v) is 25.9. The van der Waals surface area contributed by atoms with Gasteiger partial charge in [0.2, 0.25) is 20.0 Å². The molecule has 0 saturated carbocycles. The molecule has 78 heavy (non-hydrogen) atoms. The Kier molecular flexibility index (Phi) is 21.6. The fraction of sp³-hybridized carbons (Fsp3) is 0.500. The number of ether oxygens (including phenoxy) is 4. The van der Waals surface area contributed by atoms with E-state index < -0.39 is 20.0 Å². The van der Waals surface area contributed by atoms with Gasteiger partial charge in [0.05, 0.1) is 62.6 Å². The van der Waals surface area contributed by atoms with Crippen LogP contribution in [0.4, 0.5) is 9.59 Å². The number of carbonyl (C=O) groups is 2. The molecule has 0 aliphatic carbocycles. The molecular weight excluding hydrogens is 1170 g/mol. The summed E-state index contributed by atoms with van der Waals surface area (Å²) in [7, 11) is -3.58. The van der Waals surface area contributed by atoms with Crippen LogP contribution in [0.25, 0.3) is 0 Å². The van der Waals surface area contributed by atoms with Gasteiger partial charge < -0.3 is 50.0 Å². The van der Waals surface area contributed by atoms with E-state index in [2.05, 4.69) is 31.1 Å². The number of sulfonamides is 2. The predicted molar refractivity (Wildman–Crippen MR) is 303 cm³/mol. The molecule has 0 radical (unpaired) electrons. The van der Waals surface area contributed by atoms with Crippen LogP contribution >= 0.6 is 69.6 Å². The second kappa shape index (κ2) is 27.7. The summed E-state index contributed by atoms with van der Waals surface area (Å²) in [6.45, 7) is 6.53. The van der Waals surface area contributed by atoms with Crippen molar-refractivity contribution in [1.29, 1.82) is 0 Å². The molecule has 0 spiro atoms. The number of nitrogens with zero attached hydrogens (tertiary/aromatic N) is 4. The van der Waals surface area contributed by atoms with Crippen molar-refractivity contribution in [3.63, 3.8) is 0 Å². The van der Waals surface area contributed by atoms with Gasteiger partial charge in [-0.2, -0.15) is 8.61 Å². The topological polar surface area (TPSA) is 200 Å². The Bertz CT molecular complexity index is 2860. The first-order valence-electron chi connectivity index (χ1n) is 25.6. The summed E-state index contributed by atoms with van der Waals surface area (Å²) in [6, 6.07) is 13.4.